The van der Waals surface area contributed by atoms with Gasteiger partial charge in [0, 0.05) is 37.1 Å². The molecule has 6 rings (SSSR count). The molecule has 9 heteroatoms. The van der Waals surface area contributed by atoms with E-state index in [1.165, 1.54) is 12.1 Å². The van der Waals surface area contributed by atoms with Crippen molar-refractivity contribution in [3.8, 4) is 0 Å². The zero-order valence-corrected chi connectivity index (χ0v) is 23.0. The molecule has 3 aromatic carbocycles. The van der Waals surface area contributed by atoms with Crippen LogP contribution >= 0.6 is 0 Å². The lowest BCUT2D eigenvalue weighted by Crippen LogP contribution is -2.34. The summed E-state index contributed by atoms with van der Waals surface area (Å²) in [6.45, 7) is 0.286. The zero-order valence-electron chi connectivity index (χ0n) is 22.2. The lowest BCUT2D eigenvalue weighted by molar-refractivity contribution is -0.120. The number of hydrogen-bond acceptors (Lipinski definition) is 4. The summed E-state index contributed by atoms with van der Waals surface area (Å²) < 4.78 is 44.6. The molecule has 0 bridgehead atoms. The van der Waals surface area contributed by atoms with Gasteiger partial charge in [-0.05, 0) is 84.7 Å². The molecule has 1 fully saturated rings. The van der Waals surface area contributed by atoms with Crippen LogP contribution in [0.25, 0.3) is 0 Å². The molecule has 0 spiro atoms. The minimum atomic E-state index is -3.71. The van der Waals surface area contributed by atoms with Gasteiger partial charge < -0.3 is 9.47 Å². The first kappa shape index (κ1) is 26.4. The van der Waals surface area contributed by atoms with Crippen LogP contribution in [0.5, 0.6) is 0 Å². The summed E-state index contributed by atoms with van der Waals surface area (Å²) in [6, 6.07) is 20.3. The molecule has 1 saturated carbocycles. The van der Waals surface area contributed by atoms with Crippen molar-refractivity contribution in [3.63, 3.8) is 0 Å². The van der Waals surface area contributed by atoms with Crippen molar-refractivity contribution in [3.05, 3.63) is 114 Å². The Morgan fingerprint density at radius 3 is 2.60 bits per heavy atom. The third-order valence-corrected chi connectivity index (χ3v) is 9.49. The van der Waals surface area contributed by atoms with Crippen LogP contribution in [0, 0.1) is 11.7 Å². The Morgan fingerprint density at radius 1 is 1.10 bits per heavy atom. The van der Waals surface area contributed by atoms with Crippen LogP contribution in [0.1, 0.15) is 53.7 Å². The first-order valence-electron chi connectivity index (χ1n) is 13.5. The summed E-state index contributed by atoms with van der Waals surface area (Å²) in [5, 5.41) is 0. The van der Waals surface area contributed by atoms with E-state index in [-0.39, 0.29) is 35.0 Å². The van der Waals surface area contributed by atoms with Gasteiger partial charge in [-0.3, -0.25) is 4.79 Å². The van der Waals surface area contributed by atoms with Gasteiger partial charge in [0.05, 0.1) is 11.4 Å². The predicted octanol–water partition coefficient (Wildman–Crippen LogP) is 5.25. The second-order valence-electron chi connectivity index (χ2n) is 10.6. The summed E-state index contributed by atoms with van der Waals surface area (Å²) in [7, 11) is -1.82. The van der Waals surface area contributed by atoms with Crippen LogP contribution in [0.15, 0.2) is 90.1 Å². The molecule has 7 nitrogen and oxygen atoms in total. The van der Waals surface area contributed by atoms with Gasteiger partial charge in [0.25, 0.3) is 0 Å². The fourth-order valence-electron chi connectivity index (χ4n) is 5.66. The van der Waals surface area contributed by atoms with Gasteiger partial charge in [-0.2, -0.15) is 0 Å². The maximum Gasteiger partial charge on any atom is 0.241 e. The van der Waals surface area contributed by atoms with Gasteiger partial charge in [0.2, 0.25) is 15.9 Å². The van der Waals surface area contributed by atoms with Gasteiger partial charge in [-0.15, -0.1) is 0 Å². The molecule has 206 valence electrons. The van der Waals surface area contributed by atoms with E-state index >= 15 is 0 Å². The number of aryl methyl sites for hydroxylation is 2. The molecular weight excluding hydrogens is 527 g/mol. The summed E-state index contributed by atoms with van der Waals surface area (Å²) in [6.07, 6.45) is 6.64. The molecule has 4 aromatic rings. The highest BCUT2D eigenvalue weighted by atomic mass is 32.2. The summed E-state index contributed by atoms with van der Waals surface area (Å²) in [5.41, 5.74) is 3.64. The van der Waals surface area contributed by atoms with E-state index in [1.807, 2.05) is 36.0 Å². The number of aromatic nitrogens is 2. The number of sulfonamides is 1. The summed E-state index contributed by atoms with van der Waals surface area (Å²) >= 11 is 0. The number of halogens is 1. The fourth-order valence-corrected chi connectivity index (χ4v) is 6.94. The number of carbonyl (C=O) groups excluding carboxylic acids is 1. The van der Waals surface area contributed by atoms with Crippen LogP contribution in [-0.4, -0.2) is 23.9 Å². The van der Waals surface area contributed by atoms with Crippen molar-refractivity contribution in [1.29, 1.82) is 0 Å². The summed E-state index contributed by atoms with van der Waals surface area (Å²) in [5.74, 6) is 0.255. The van der Waals surface area contributed by atoms with Crippen LogP contribution in [0.2, 0.25) is 0 Å². The molecule has 40 heavy (non-hydrogen) atoms. The SMILES string of the molecule is Cn1ccnc1CN(C(=O)[C@@H]1C[C@H]1c1ccc(F)cc1)c1ccc2c(c1)[C@@H](NS(=O)(=O)c1ccccc1)CCC2. The van der Waals surface area contributed by atoms with E-state index in [2.05, 4.69) is 9.71 Å². The Hall–Kier alpha value is -3.82. The number of amides is 1. The van der Waals surface area contributed by atoms with Crippen molar-refractivity contribution in [2.75, 3.05) is 4.90 Å². The van der Waals surface area contributed by atoms with Gasteiger partial charge in [-0.25, -0.2) is 22.5 Å². The Morgan fingerprint density at radius 2 is 1.88 bits per heavy atom. The monoisotopic (exact) mass is 558 g/mol. The highest BCUT2D eigenvalue weighted by Gasteiger charge is 2.46. The number of benzene rings is 3. The molecule has 2 aliphatic rings. The van der Waals surface area contributed by atoms with E-state index in [9.17, 15) is 17.6 Å². The zero-order chi connectivity index (χ0) is 27.9. The molecule has 1 heterocycles. The first-order valence-corrected chi connectivity index (χ1v) is 15.0. The first-order chi connectivity index (χ1) is 19.3. The smallest absolute Gasteiger partial charge is 0.241 e. The Balaban J connectivity index is 1.31. The van der Waals surface area contributed by atoms with Crippen LogP contribution in [0.4, 0.5) is 10.1 Å². The van der Waals surface area contributed by atoms with Crippen molar-refractivity contribution >= 4 is 21.6 Å². The van der Waals surface area contributed by atoms with Crippen LogP contribution < -0.4 is 9.62 Å². The van der Waals surface area contributed by atoms with Crippen LogP contribution in [-0.2, 0) is 34.8 Å². The number of nitrogens with one attached hydrogen (secondary N) is 1. The largest absolute Gasteiger partial charge is 0.337 e. The van der Waals surface area contributed by atoms with Crippen molar-refractivity contribution < 1.29 is 17.6 Å². The number of anilines is 1. The predicted molar refractivity (Wildman–Crippen MR) is 151 cm³/mol. The van der Waals surface area contributed by atoms with E-state index in [1.54, 1.807) is 53.6 Å². The van der Waals surface area contributed by atoms with Crippen molar-refractivity contribution in [2.24, 2.45) is 13.0 Å². The van der Waals surface area contributed by atoms with E-state index in [4.69, 9.17) is 0 Å². The number of imidazole rings is 1. The highest BCUT2D eigenvalue weighted by molar-refractivity contribution is 7.89. The number of carbonyl (C=O) groups is 1. The number of rotatable bonds is 8. The fraction of sp³-hybridized carbons (Fsp3) is 0.290. The number of fused-ring (bicyclic) bond motifs is 1. The second kappa shape index (κ2) is 10.6. The number of hydrogen-bond donors (Lipinski definition) is 1. The maximum absolute atomic E-state index is 14.0. The third-order valence-electron chi connectivity index (χ3n) is 8.00. The third kappa shape index (κ3) is 5.31. The van der Waals surface area contributed by atoms with E-state index in [0.717, 1.165) is 35.4 Å². The van der Waals surface area contributed by atoms with Gasteiger partial charge in [-0.1, -0.05) is 36.4 Å². The quantitative estimate of drug-likeness (QED) is 0.320. The van der Waals surface area contributed by atoms with E-state index in [0.29, 0.717) is 18.5 Å². The molecule has 0 saturated heterocycles. The maximum atomic E-state index is 14.0. The Bertz CT molecular complexity index is 1640. The lowest BCUT2D eigenvalue weighted by atomic mass is 9.87. The number of nitrogens with zero attached hydrogens (tertiary/aromatic N) is 3. The molecular formula is C31H31FN4O3S. The van der Waals surface area contributed by atoms with Gasteiger partial charge in [0.15, 0.2) is 0 Å². The average molecular weight is 559 g/mol. The molecule has 1 aromatic heterocycles. The minimum absolute atomic E-state index is 0.0190. The molecule has 0 aliphatic heterocycles. The minimum Gasteiger partial charge on any atom is -0.337 e. The van der Waals surface area contributed by atoms with Gasteiger partial charge in [0.1, 0.15) is 11.6 Å². The average Bonchev–Trinajstić information content (AvgIpc) is 3.66. The Labute approximate surface area is 233 Å². The lowest BCUT2D eigenvalue weighted by Gasteiger charge is -2.29. The highest BCUT2D eigenvalue weighted by Crippen LogP contribution is 2.49. The van der Waals surface area contributed by atoms with Gasteiger partial charge >= 0.3 is 0 Å². The topological polar surface area (TPSA) is 84.3 Å². The standard InChI is InChI=1S/C31H31FN4O3S/c1-35-17-16-33-30(35)20-36(31(37)28-19-26(28)22-10-13-23(32)14-11-22)24-15-12-21-6-5-9-29(27(21)18-24)34-40(38,39)25-7-3-2-4-8-25/h2-4,7-8,10-18,26,28-29,34H,5-6,9,19-20H2,1H3/t26-,28+,29-/m0/s1. The molecule has 2 aliphatic carbocycles. The second-order valence-corrected chi connectivity index (χ2v) is 12.4. The molecule has 0 unspecified atom stereocenters. The van der Waals surface area contributed by atoms with E-state index < -0.39 is 16.1 Å². The van der Waals surface area contributed by atoms with Crippen molar-refractivity contribution in [2.45, 2.75) is 49.1 Å². The normalized spacial score (nSPS) is 20.1. The molecule has 1 amide bonds. The molecule has 0 radical (unpaired) electrons. The molecule has 1 N–H and O–H groups in total. The van der Waals surface area contributed by atoms with Crippen LogP contribution in [0.3, 0.4) is 0 Å². The molecule has 3 atom stereocenters. The Kier molecular flexibility index (Phi) is 7.02. The summed E-state index contributed by atoms with van der Waals surface area (Å²) in [4.78, 5) is 20.4. The van der Waals surface area contributed by atoms with Crippen molar-refractivity contribution in [1.82, 2.24) is 14.3 Å².